The van der Waals surface area contributed by atoms with Crippen LogP contribution in [0, 0.1) is 16.7 Å². The molecule has 10 nitrogen and oxygen atoms in total. The predicted octanol–water partition coefficient (Wildman–Crippen LogP) is 4.11. The Bertz CT molecular complexity index is 1660. The lowest BCUT2D eigenvalue weighted by molar-refractivity contribution is -0.0786. The van der Waals surface area contributed by atoms with E-state index in [2.05, 4.69) is 19.0 Å². The van der Waals surface area contributed by atoms with Crippen molar-refractivity contribution in [3.8, 4) is 28.7 Å². The molecule has 0 spiro atoms. The number of aliphatic hydroxyl groups is 2. The monoisotopic (exact) mass is 597 g/mol. The highest BCUT2D eigenvalue weighted by Crippen LogP contribution is 2.38. The van der Waals surface area contributed by atoms with E-state index in [9.17, 15) is 23.9 Å². The Morgan fingerprint density at radius 1 is 1.10 bits per heavy atom. The second kappa shape index (κ2) is 11.5. The molecule has 0 atom stereocenters. The average molecular weight is 598 g/mol. The van der Waals surface area contributed by atoms with Crippen LogP contribution in [0.4, 0.5) is 5.13 Å². The quantitative estimate of drug-likeness (QED) is 0.245. The molecule has 0 unspecified atom stereocenters. The van der Waals surface area contributed by atoms with Crippen LogP contribution in [0.15, 0.2) is 71.9 Å². The SMILES string of the molecule is N#Cc1cc(S(=O)(=O)Nc2ncns2)ccc1Oc1ccc(Cl)cc1-c1cccc(CN2CC(CO)(CO)C2)c1. The first-order valence-corrected chi connectivity index (χ1v) is 14.7. The molecule has 3 aromatic carbocycles. The summed E-state index contributed by atoms with van der Waals surface area (Å²) >= 11 is 7.23. The van der Waals surface area contributed by atoms with Gasteiger partial charge in [0.1, 0.15) is 23.9 Å². The first-order chi connectivity index (χ1) is 19.2. The van der Waals surface area contributed by atoms with Crippen LogP contribution in [0.2, 0.25) is 5.02 Å². The molecule has 0 aliphatic carbocycles. The van der Waals surface area contributed by atoms with Gasteiger partial charge in [-0.25, -0.2) is 13.4 Å². The van der Waals surface area contributed by atoms with Crippen molar-refractivity contribution in [3.63, 3.8) is 0 Å². The Morgan fingerprint density at radius 3 is 2.58 bits per heavy atom. The Morgan fingerprint density at radius 2 is 1.88 bits per heavy atom. The number of nitrogens with zero attached hydrogens (tertiary/aromatic N) is 4. The van der Waals surface area contributed by atoms with Gasteiger partial charge in [-0.15, -0.1) is 0 Å². The van der Waals surface area contributed by atoms with Crippen molar-refractivity contribution in [3.05, 3.63) is 83.1 Å². The summed E-state index contributed by atoms with van der Waals surface area (Å²) in [7, 11) is -3.98. The number of aliphatic hydroxyl groups excluding tert-OH is 2. The van der Waals surface area contributed by atoms with Gasteiger partial charge in [-0.3, -0.25) is 9.62 Å². The molecule has 5 rings (SSSR count). The molecule has 0 bridgehead atoms. The zero-order chi connectivity index (χ0) is 28.3. The fourth-order valence-corrected chi connectivity index (χ4v) is 6.40. The predicted molar refractivity (Wildman–Crippen MR) is 151 cm³/mol. The number of hydrogen-bond acceptors (Lipinski definition) is 10. The van der Waals surface area contributed by atoms with E-state index in [-0.39, 0.29) is 34.6 Å². The maximum absolute atomic E-state index is 12.8. The molecule has 0 amide bonds. The minimum atomic E-state index is -3.98. The fourth-order valence-electron chi connectivity index (χ4n) is 4.54. The van der Waals surface area contributed by atoms with Gasteiger partial charge in [0.25, 0.3) is 10.0 Å². The minimum Gasteiger partial charge on any atom is -0.455 e. The Kier molecular flexibility index (Phi) is 8.04. The van der Waals surface area contributed by atoms with Crippen LogP contribution in [0.5, 0.6) is 11.5 Å². The van der Waals surface area contributed by atoms with E-state index in [0.29, 0.717) is 36.0 Å². The van der Waals surface area contributed by atoms with Crippen molar-refractivity contribution < 1.29 is 23.4 Å². The molecule has 3 N–H and O–H groups in total. The number of benzene rings is 3. The molecule has 4 aromatic rings. The topological polar surface area (TPSA) is 149 Å². The van der Waals surface area contributed by atoms with Gasteiger partial charge in [0.15, 0.2) is 0 Å². The van der Waals surface area contributed by atoms with Crippen molar-refractivity contribution in [1.29, 1.82) is 5.26 Å². The van der Waals surface area contributed by atoms with Crippen LogP contribution >= 0.6 is 23.1 Å². The number of likely N-dealkylation sites (tertiary alicyclic amines) is 1. The van der Waals surface area contributed by atoms with Gasteiger partial charge in [-0.05, 0) is 53.6 Å². The normalized spacial score (nSPS) is 14.8. The summed E-state index contributed by atoms with van der Waals surface area (Å²) in [6.07, 6.45) is 1.24. The molecule has 1 saturated heterocycles. The van der Waals surface area contributed by atoms with Crippen molar-refractivity contribution in [1.82, 2.24) is 14.3 Å². The maximum atomic E-state index is 12.8. The van der Waals surface area contributed by atoms with E-state index in [0.717, 1.165) is 22.7 Å². The van der Waals surface area contributed by atoms with E-state index < -0.39 is 15.4 Å². The first-order valence-electron chi connectivity index (χ1n) is 12.1. The summed E-state index contributed by atoms with van der Waals surface area (Å²) in [5.41, 5.74) is 2.14. The summed E-state index contributed by atoms with van der Waals surface area (Å²) in [5.74, 6) is 0.617. The lowest BCUT2D eigenvalue weighted by atomic mass is 9.81. The maximum Gasteiger partial charge on any atom is 0.263 e. The van der Waals surface area contributed by atoms with Gasteiger partial charge < -0.3 is 14.9 Å². The van der Waals surface area contributed by atoms with Gasteiger partial charge in [0.05, 0.1) is 23.7 Å². The van der Waals surface area contributed by atoms with Crippen molar-refractivity contribution >= 4 is 38.3 Å². The second-order valence-corrected chi connectivity index (χ2v) is 12.4. The number of hydrogen-bond donors (Lipinski definition) is 3. The Hall–Kier alpha value is -3.57. The third-order valence-electron chi connectivity index (χ3n) is 6.56. The summed E-state index contributed by atoms with van der Waals surface area (Å²) in [6, 6.07) is 19.0. The average Bonchev–Trinajstić information content (AvgIpc) is 3.44. The molecule has 40 heavy (non-hydrogen) atoms. The summed E-state index contributed by atoms with van der Waals surface area (Å²) in [4.78, 5) is 5.86. The smallest absolute Gasteiger partial charge is 0.263 e. The van der Waals surface area contributed by atoms with Gasteiger partial charge in [-0.1, -0.05) is 29.8 Å². The molecule has 2 heterocycles. The van der Waals surface area contributed by atoms with Crippen LogP contribution in [0.1, 0.15) is 11.1 Å². The highest BCUT2D eigenvalue weighted by atomic mass is 35.5. The van der Waals surface area contributed by atoms with E-state index in [4.69, 9.17) is 16.3 Å². The molecule has 1 aliphatic rings. The second-order valence-electron chi connectivity index (χ2n) is 9.53. The fraction of sp³-hybridized carbons (Fsp3) is 0.222. The summed E-state index contributed by atoms with van der Waals surface area (Å²) in [6.45, 7) is 1.75. The highest BCUT2D eigenvalue weighted by Gasteiger charge is 2.41. The van der Waals surface area contributed by atoms with Crippen LogP contribution in [0.25, 0.3) is 11.1 Å². The summed E-state index contributed by atoms with van der Waals surface area (Å²) in [5, 5.41) is 29.5. The number of nitrogens with one attached hydrogen (secondary N) is 1. The molecule has 13 heteroatoms. The first kappa shape index (κ1) is 28.0. The lowest BCUT2D eigenvalue weighted by Gasteiger charge is -2.48. The zero-order valence-corrected chi connectivity index (χ0v) is 23.4. The molecular weight excluding hydrogens is 574 g/mol. The lowest BCUT2D eigenvalue weighted by Crippen LogP contribution is -2.59. The standard InChI is InChI=1S/C27H24ClN5O5S2/c28-21-4-6-25(23(10-21)19-3-1-2-18(8-19)12-33-13-27(14-33,15-34)16-35)38-24-7-5-22(9-20(24)11-29)40(36,37)32-26-30-17-31-39-26/h1-10,17,34-35H,12-16H2,(H,30,31,32). The van der Waals surface area contributed by atoms with Gasteiger partial charge in [0.2, 0.25) is 5.13 Å². The molecule has 0 radical (unpaired) electrons. The number of halogens is 1. The van der Waals surface area contributed by atoms with Crippen LogP contribution in [-0.2, 0) is 16.6 Å². The molecule has 1 fully saturated rings. The van der Waals surface area contributed by atoms with Crippen LogP contribution in [-0.4, -0.2) is 59.2 Å². The number of rotatable bonds is 10. The van der Waals surface area contributed by atoms with Crippen molar-refractivity contribution in [2.24, 2.45) is 5.41 Å². The van der Waals surface area contributed by atoms with E-state index in [1.54, 1.807) is 18.2 Å². The minimum absolute atomic E-state index is 0.0313. The molecular formula is C27H24ClN5O5S2. The van der Waals surface area contributed by atoms with Crippen molar-refractivity contribution in [2.75, 3.05) is 31.0 Å². The number of sulfonamides is 1. The Labute approximate surface area is 240 Å². The number of anilines is 1. The van der Waals surface area contributed by atoms with Gasteiger partial charge in [-0.2, -0.15) is 9.64 Å². The van der Waals surface area contributed by atoms with E-state index in [1.807, 2.05) is 30.3 Å². The molecule has 1 aromatic heterocycles. The van der Waals surface area contributed by atoms with Crippen LogP contribution in [0.3, 0.4) is 0 Å². The number of aromatic nitrogens is 2. The highest BCUT2D eigenvalue weighted by molar-refractivity contribution is 7.93. The third-order valence-corrected chi connectivity index (χ3v) is 8.84. The van der Waals surface area contributed by atoms with Gasteiger partial charge >= 0.3 is 0 Å². The molecule has 206 valence electrons. The third kappa shape index (κ3) is 5.95. The van der Waals surface area contributed by atoms with E-state index in [1.165, 1.54) is 24.5 Å². The molecule has 1 aliphatic heterocycles. The number of nitriles is 1. The Balaban J connectivity index is 1.39. The zero-order valence-electron chi connectivity index (χ0n) is 21.0. The van der Waals surface area contributed by atoms with E-state index >= 15 is 0 Å². The van der Waals surface area contributed by atoms with Gasteiger partial charge in [0, 0.05) is 47.2 Å². The molecule has 0 saturated carbocycles. The van der Waals surface area contributed by atoms with Crippen LogP contribution < -0.4 is 9.46 Å². The largest absolute Gasteiger partial charge is 0.455 e. The summed E-state index contributed by atoms with van der Waals surface area (Å²) < 4.78 is 37.8. The van der Waals surface area contributed by atoms with Crippen molar-refractivity contribution in [2.45, 2.75) is 11.4 Å². The number of ether oxygens (including phenoxy) is 1.